The van der Waals surface area contributed by atoms with Gasteiger partial charge in [-0.3, -0.25) is 0 Å². The molecule has 1 aliphatic rings. The van der Waals surface area contributed by atoms with Crippen LogP contribution in [0, 0.1) is 13.8 Å². The molecule has 3 heteroatoms. The predicted octanol–water partition coefficient (Wildman–Crippen LogP) is 3.57. The Labute approximate surface area is 102 Å². The minimum Gasteiger partial charge on any atom is -0.308 e. The zero-order valence-corrected chi connectivity index (χ0v) is 11.2. The van der Waals surface area contributed by atoms with E-state index < -0.39 is 0 Å². The molecule has 1 aromatic rings. The molecule has 2 rings (SSSR count). The van der Waals surface area contributed by atoms with Crippen molar-refractivity contribution in [3.63, 3.8) is 0 Å². The van der Waals surface area contributed by atoms with Gasteiger partial charge in [0.05, 0.1) is 5.69 Å². The fourth-order valence-electron chi connectivity index (χ4n) is 2.33. The summed E-state index contributed by atoms with van der Waals surface area (Å²) in [5, 5.41) is 4.92. The Hall–Kier alpha value is -0.410. The SMILES string of the molecule is Cc1nc(CNC2CCCCCC2)sc1C. The zero-order chi connectivity index (χ0) is 11.4. The number of aryl methyl sites for hydroxylation is 2. The Morgan fingerprint density at radius 1 is 1.19 bits per heavy atom. The molecule has 0 aliphatic heterocycles. The fourth-order valence-corrected chi connectivity index (χ4v) is 3.21. The Morgan fingerprint density at radius 2 is 1.88 bits per heavy atom. The standard InChI is InChI=1S/C13H22N2S/c1-10-11(2)16-13(15-10)9-14-12-7-5-3-4-6-8-12/h12,14H,3-9H2,1-2H3. The summed E-state index contributed by atoms with van der Waals surface area (Å²) in [5.41, 5.74) is 1.20. The van der Waals surface area contributed by atoms with Gasteiger partial charge in [0, 0.05) is 17.5 Å². The highest BCUT2D eigenvalue weighted by molar-refractivity contribution is 7.11. The quantitative estimate of drug-likeness (QED) is 0.814. The highest BCUT2D eigenvalue weighted by Crippen LogP contribution is 2.19. The molecule has 0 radical (unpaired) electrons. The second-order valence-corrected chi connectivity index (χ2v) is 6.11. The summed E-state index contributed by atoms with van der Waals surface area (Å²) in [5.74, 6) is 0. The van der Waals surface area contributed by atoms with Gasteiger partial charge in [-0.25, -0.2) is 4.98 Å². The lowest BCUT2D eigenvalue weighted by molar-refractivity contribution is 0.458. The van der Waals surface area contributed by atoms with Crippen LogP contribution >= 0.6 is 11.3 Å². The van der Waals surface area contributed by atoms with E-state index in [1.807, 2.05) is 11.3 Å². The molecule has 1 fully saturated rings. The molecule has 90 valence electrons. The van der Waals surface area contributed by atoms with Gasteiger partial charge in [-0.1, -0.05) is 25.7 Å². The summed E-state index contributed by atoms with van der Waals surface area (Å²) >= 11 is 1.83. The summed E-state index contributed by atoms with van der Waals surface area (Å²) in [6, 6.07) is 0.729. The molecular formula is C13H22N2S. The summed E-state index contributed by atoms with van der Waals surface area (Å²) < 4.78 is 0. The van der Waals surface area contributed by atoms with Crippen molar-refractivity contribution in [3.05, 3.63) is 15.6 Å². The Balaban J connectivity index is 1.81. The number of nitrogens with one attached hydrogen (secondary N) is 1. The first kappa shape index (κ1) is 12.1. The molecule has 0 unspecified atom stereocenters. The first-order valence-electron chi connectivity index (χ1n) is 6.42. The van der Waals surface area contributed by atoms with Crippen LogP contribution in [0.1, 0.15) is 54.1 Å². The molecule has 0 saturated heterocycles. The molecule has 16 heavy (non-hydrogen) atoms. The molecule has 1 aromatic heterocycles. The van der Waals surface area contributed by atoms with Crippen molar-refractivity contribution in [2.75, 3.05) is 0 Å². The molecule has 0 amide bonds. The summed E-state index contributed by atoms with van der Waals surface area (Å²) in [6.07, 6.45) is 8.34. The van der Waals surface area contributed by atoms with Gasteiger partial charge >= 0.3 is 0 Å². The maximum Gasteiger partial charge on any atom is 0.107 e. The van der Waals surface area contributed by atoms with Gasteiger partial charge in [0.25, 0.3) is 0 Å². The first-order valence-corrected chi connectivity index (χ1v) is 7.23. The predicted molar refractivity (Wildman–Crippen MR) is 69.9 cm³/mol. The van der Waals surface area contributed by atoms with Crippen LogP contribution in [0.4, 0.5) is 0 Å². The van der Waals surface area contributed by atoms with E-state index in [9.17, 15) is 0 Å². The van der Waals surface area contributed by atoms with Crippen molar-refractivity contribution >= 4 is 11.3 Å². The van der Waals surface area contributed by atoms with Gasteiger partial charge < -0.3 is 5.32 Å². The van der Waals surface area contributed by atoms with Crippen LogP contribution in [-0.2, 0) is 6.54 Å². The maximum atomic E-state index is 4.57. The second kappa shape index (κ2) is 5.78. The van der Waals surface area contributed by atoms with Gasteiger partial charge in [-0.05, 0) is 26.7 Å². The first-order chi connectivity index (χ1) is 7.75. The van der Waals surface area contributed by atoms with Crippen LogP contribution in [0.25, 0.3) is 0 Å². The zero-order valence-electron chi connectivity index (χ0n) is 10.4. The van der Waals surface area contributed by atoms with E-state index in [-0.39, 0.29) is 0 Å². The third-order valence-corrected chi connectivity index (χ3v) is 4.54. The van der Waals surface area contributed by atoms with E-state index in [4.69, 9.17) is 0 Å². The van der Waals surface area contributed by atoms with Gasteiger partial charge in [-0.2, -0.15) is 0 Å². The van der Waals surface area contributed by atoms with Gasteiger partial charge in [0.1, 0.15) is 5.01 Å². The van der Waals surface area contributed by atoms with Crippen LogP contribution in [0.3, 0.4) is 0 Å². The molecular weight excluding hydrogens is 216 g/mol. The Kier molecular flexibility index (Phi) is 4.36. The fraction of sp³-hybridized carbons (Fsp3) is 0.769. The number of rotatable bonds is 3. The molecule has 0 spiro atoms. The van der Waals surface area contributed by atoms with Crippen LogP contribution in [-0.4, -0.2) is 11.0 Å². The van der Waals surface area contributed by atoms with Crippen molar-refractivity contribution in [1.82, 2.24) is 10.3 Å². The van der Waals surface area contributed by atoms with Crippen molar-refractivity contribution < 1.29 is 0 Å². The lowest BCUT2D eigenvalue weighted by Gasteiger charge is -2.14. The van der Waals surface area contributed by atoms with Gasteiger partial charge in [-0.15, -0.1) is 11.3 Å². The average molecular weight is 238 g/mol. The number of aromatic nitrogens is 1. The number of hydrogen-bond donors (Lipinski definition) is 1. The van der Waals surface area contributed by atoms with Crippen molar-refractivity contribution in [2.24, 2.45) is 0 Å². The smallest absolute Gasteiger partial charge is 0.107 e. The lowest BCUT2D eigenvalue weighted by atomic mass is 10.1. The molecule has 1 N–H and O–H groups in total. The normalized spacial score (nSPS) is 18.6. The summed E-state index contributed by atoms with van der Waals surface area (Å²) in [7, 11) is 0. The van der Waals surface area contributed by atoms with Gasteiger partial charge in [0.15, 0.2) is 0 Å². The van der Waals surface area contributed by atoms with E-state index in [0.29, 0.717) is 0 Å². The monoisotopic (exact) mass is 238 g/mol. The number of hydrogen-bond acceptors (Lipinski definition) is 3. The largest absolute Gasteiger partial charge is 0.308 e. The topological polar surface area (TPSA) is 24.9 Å². The molecule has 1 heterocycles. The van der Waals surface area contributed by atoms with Gasteiger partial charge in [0.2, 0.25) is 0 Å². The van der Waals surface area contributed by atoms with Crippen molar-refractivity contribution in [3.8, 4) is 0 Å². The number of nitrogens with zero attached hydrogens (tertiary/aromatic N) is 1. The third kappa shape index (κ3) is 3.29. The van der Waals surface area contributed by atoms with Crippen molar-refractivity contribution in [1.29, 1.82) is 0 Å². The van der Waals surface area contributed by atoms with E-state index in [0.717, 1.165) is 12.6 Å². The summed E-state index contributed by atoms with van der Waals surface area (Å²) in [4.78, 5) is 5.93. The second-order valence-electron chi connectivity index (χ2n) is 4.82. The van der Waals surface area contributed by atoms with E-state index in [1.165, 1.54) is 54.1 Å². The van der Waals surface area contributed by atoms with Crippen LogP contribution in [0.5, 0.6) is 0 Å². The van der Waals surface area contributed by atoms with Crippen LogP contribution in [0.15, 0.2) is 0 Å². The molecule has 0 atom stereocenters. The Bertz CT molecular complexity index is 305. The lowest BCUT2D eigenvalue weighted by Crippen LogP contribution is -2.27. The molecule has 0 bridgehead atoms. The average Bonchev–Trinajstić information content (AvgIpc) is 2.50. The third-order valence-electron chi connectivity index (χ3n) is 3.47. The van der Waals surface area contributed by atoms with E-state index in [2.05, 4.69) is 24.1 Å². The molecule has 0 aromatic carbocycles. The van der Waals surface area contributed by atoms with E-state index in [1.54, 1.807) is 0 Å². The highest BCUT2D eigenvalue weighted by Gasteiger charge is 2.12. The molecule has 1 saturated carbocycles. The van der Waals surface area contributed by atoms with Crippen LogP contribution in [0.2, 0.25) is 0 Å². The minimum atomic E-state index is 0.729. The molecule has 1 aliphatic carbocycles. The maximum absolute atomic E-state index is 4.57. The highest BCUT2D eigenvalue weighted by atomic mass is 32.1. The van der Waals surface area contributed by atoms with Crippen LogP contribution < -0.4 is 5.32 Å². The Morgan fingerprint density at radius 3 is 2.44 bits per heavy atom. The summed E-state index contributed by atoms with van der Waals surface area (Å²) in [6.45, 7) is 5.22. The number of thiazole rings is 1. The van der Waals surface area contributed by atoms with Crippen molar-refractivity contribution in [2.45, 2.75) is 65.0 Å². The minimum absolute atomic E-state index is 0.729. The molecule has 2 nitrogen and oxygen atoms in total. The van der Waals surface area contributed by atoms with E-state index >= 15 is 0 Å².